The van der Waals surface area contributed by atoms with Crippen LogP contribution in [0, 0.1) is 21.4 Å². The Balaban J connectivity index is 2.46. The zero-order valence-corrected chi connectivity index (χ0v) is 15.0. The molecule has 0 atom stereocenters. The minimum absolute atomic E-state index is 0.0370. The second kappa shape index (κ2) is 8.09. The van der Waals surface area contributed by atoms with Crippen molar-refractivity contribution in [3.8, 4) is 11.8 Å². The molecule has 0 spiro atoms. The number of nitro benzene ring substituents is 1. The summed E-state index contributed by atoms with van der Waals surface area (Å²) in [4.78, 5) is 36.1. The van der Waals surface area contributed by atoms with E-state index in [2.05, 4.69) is 10.5 Å². The molecule has 0 saturated heterocycles. The highest BCUT2D eigenvalue weighted by atomic mass is 16.6. The largest absolute Gasteiger partial charge is 0.494 e. The molecule has 1 N–H and O–H groups in total. The molecule has 0 aliphatic carbocycles. The molecule has 1 aromatic carbocycles. The first-order valence-corrected chi connectivity index (χ1v) is 8.08. The van der Waals surface area contributed by atoms with Gasteiger partial charge in [-0.25, -0.2) is 0 Å². The Bertz CT molecular complexity index is 913. The second-order valence-electron chi connectivity index (χ2n) is 5.41. The van der Waals surface area contributed by atoms with Crippen molar-refractivity contribution in [1.29, 1.82) is 5.26 Å². The Hall–Kier alpha value is -3.74. The van der Waals surface area contributed by atoms with Gasteiger partial charge in [-0.15, -0.1) is 0 Å². The molecule has 140 valence electrons. The van der Waals surface area contributed by atoms with E-state index in [-0.39, 0.29) is 34.8 Å². The highest BCUT2D eigenvalue weighted by Crippen LogP contribution is 2.29. The van der Waals surface area contributed by atoms with Crippen molar-refractivity contribution in [3.63, 3.8) is 0 Å². The van der Waals surface area contributed by atoms with Crippen LogP contribution in [0.3, 0.4) is 0 Å². The first-order valence-electron chi connectivity index (χ1n) is 8.08. The lowest BCUT2D eigenvalue weighted by Crippen LogP contribution is -2.46. The zero-order valence-electron chi connectivity index (χ0n) is 15.0. The van der Waals surface area contributed by atoms with Gasteiger partial charge in [0.05, 0.1) is 17.6 Å². The highest BCUT2D eigenvalue weighted by molar-refractivity contribution is 6.50. The number of anilines is 1. The van der Waals surface area contributed by atoms with Gasteiger partial charge in [0, 0.05) is 12.1 Å². The number of hydrogen-bond donors (Lipinski definition) is 1. The lowest BCUT2D eigenvalue weighted by atomic mass is 9.99. The first-order chi connectivity index (χ1) is 12.8. The number of likely N-dealkylation sites (N-methyl/N-ethyl adjacent to an activating group) is 1. The van der Waals surface area contributed by atoms with Crippen LogP contribution in [-0.2, 0) is 9.59 Å². The summed E-state index contributed by atoms with van der Waals surface area (Å²) in [5.41, 5.74) is 1.99. The number of hydrazone groups is 1. The SMILES string of the molecule is CCOc1ccc(N/N=C2\C(=O)N(CC)C(=O)C(C#N)=C2C)c([N+](=O)[O-])c1. The second-order valence-corrected chi connectivity index (χ2v) is 5.41. The molecule has 2 amide bonds. The molecule has 10 heteroatoms. The van der Waals surface area contributed by atoms with Crippen molar-refractivity contribution in [2.75, 3.05) is 18.6 Å². The van der Waals surface area contributed by atoms with Gasteiger partial charge < -0.3 is 4.74 Å². The minimum atomic E-state index is -0.687. The van der Waals surface area contributed by atoms with E-state index < -0.39 is 16.7 Å². The van der Waals surface area contributed by atoms with Crippen molar-refractivity contribution in [3.05, 3.63) is 39.5 Å². The monoisotopic (exact) mass is 371 g/mol. The minimum Gasteiger partial charge on any atom is -0.494 e. The maximum Gasteiger partial charge on any atom is 0.297 e. The molecule has 1 aliphatic heterocycles. The summed E-state index contributed by atoms with van der Waals surface area (Å²) in [5.74, 6) is -1.05. The summed E-state index contributed by atoms with van der Waals surface area (Å²) < 4.78 is 5.24. The number of carbonyl (C=O) groups excluding carboxylic acids is 2. The number of benzene rings is 1. The summed E-state index contributed by atoms with van der Waals surface area (Å²) >= 11 is 0. The first kappa shape index (κ1) is 19.6. The van der Waals surface area contributed by atoms with Crippen LogP contribution in [0.5, 0.6) is 5.75 Å². The van der Waals surface area contributed by atoms with E-state index in [1.807, 2.05) is 0 Å². The average Bonchev–Trinajstić information content (AvgIpc) is 2.63. The van der Waals surface area contributed by atoms with Crippen LogP contribution in [0.15, 0.2) is 34.4 Å². The van der Waals surface area contributed by atoms with Gasteiger partial charge in [-0.3, -0.25) is 30.0 Å². The number of imide groups is 1. The van der Waals surface area contributed by atoms with Gasteiger partial charge in [0.1, 0.15) is 23.1 Å². The molecule has 1 aliphatic rings. The Labute approximate surface area is 154 Å². The smallest absolute Gasteiger partial charge is 0.297 e. The summed E-state index contributed by atoms with van der Waals surface area (Å²) in [7, 11) is 0. The number of amides is 2. The molecule has 0 fully saturated rings. The van der Waals surface area contributed by atoms with Crippen molar-refractivity contribution in [1.82, 2.24) is 4.90 Å². The van der Waals surface area contributed by atoms with Crippen LogP contribution in [-0.4, -0.2) is 40.5 Å². The average molecular weight is 371 g/mol. The topological polar surface area (TPSA) is 138 Å². The molecular formula is C17H17N5O5. The maximum atomic E-state index is 12.5. The third-order valence-corrected chi connectivity index (χ3v) is 3.83. The number of nitro groups is 1. The standard InChI is InChI=1S/C17H17N5O5/c1-4-21-16(23)12(9-18)10(3)15(17(21)24)20-19-13-7-6-11(27-5-2)8-14(13)22(25)26/h6-8,19H,4-5H2,1-3H3/b20-15-. The summed E-state index contributed by atoms with van der Waals surface area (Å²) in [6, 6.07) is 5.92. The van der Waals surface area contributed by atoms with Gasteiger partial charge in [-0.1, -0.05) is 0 Å². The van der Waals surface area contributed by atoms with Crippen molar-refractivity contribution >= 4 is 28.9 Å². The highest BCUT2D eigenvalue weighted by Gasteiger charge is 2.36. The summed E-state index contributed by atoms with van der Waals surface area (Å²) in [6.45, 7) is 5.18. The van der Waals surface area contributed by atoms with E-state index in [4.69, 9.17) is 4.74 Å². The van der Waals surface area contributed by atoms with Crippen LogP contribution < -0.4 is 10.2 Å². The fourth-order valence-corrected chi connectivity index (χ4v) is 2.47. The third kappa shape index (κ3) is 3.77. The summed E-state index contributed by atoms with van der Waals surface area (Å²) in [6.07, 6.45) is 0. The maximum absolute atomic E-state index is 12.5. The fraction of sp³-hybridized carbons (Fsp3) is 0.294. The molecule has 27 heavy (non-hydrogen) atoms. The zero-order chi connectivity index (χ0) is 20.1. The van der Waals surface area contributed by atoms with E-state index in [0.717, 1.165) is 4.90 Å². The van der Waals surface area contributed by atoms with Gasteiger partial charge in [-0.2, -0.15) is 10.4 Å². The molecule has 0 aromatic heterocycles. The third-order valence-electron chi connectivity index (χ3n) is 3.83. The molecular weight excluding hydrogens is 354 g/mol. The molecule has 10 nitrogen and oxygen atoms in total. The van der Waals surface area contributed by atoms with E-state index in [0.29, 0.717) is 12.4 Å². The predicted molar refractivity (Wildman–Crippen MR) is 96.0 cm³/mol. The van der Waals surface area contributed by atoms with Gasteiger partial charge in [-0.05, 0) is 32.9 Å². The molecule has 0 unspecified atom stereocenters. The molecule has 0 radical (unpaired) electrons. The molecule has 2 rings (SSSR count). The van der Waals surface area contributed by atoms with Gasteiger partial charge in [0.2, 0.25) is 0 Å². The Kier molecular flexibility index (Phi) is 5.87. The number of nitrogens with one attached hydrogen (secondary N) is 1. The van der Waals surface area contributed by atoms with E-state index in [1.165, 1.54) is 25.1 Å². The van der Waals surface area contributed by atoms with Crippen molar-refractivity contribution in [2.24, 2.45) is 5.10 Å². The predicted octanol–water partition coefficient (Wildman–Crippen LogP) is 1.99. The lowest BCUT2D eigenvalue weighted by Gasteiger charge is -2.25. The van der Waals surface area contributed by atoms with Crippen LogP contribution in [0.25, 0.3) is 0 Å². The van der Waals surface area contributed by atoms with Crippen molar-refractivity contribution < 1.29 is 19.2 Å². The lowest BCUT2D eigenvalue weighted by molar-refractivity contribution is -0.384. The normalized spacial score (nSPS) is 15.8. The van der Waals surface area contributed by atoms with E-state index in [9.17, 15) is 25.0 Å². The van der Waals surface area contributed by atoms with Gasteiger partial charge in [0.15, 0.2) is 5.71 Å². The number of carbonyl (C=O) groups is 2. The Morgan fingerprint density at radius 3 is 2.59 bits per heavy atom. The van der Waals surface area contributed by atoms with Crippen LogP contribution >= 0.6 is 0 Å². The summed E-state index contributed by atoms with van der Waals surface area (Å²) in [5, 5.41) is 24.4. The van der Waals surface area contributed by atoms with E-state index >= 15 is 0 Å². The quantitative estimate of drug-likeness (QED) is 0.458. The number of nitriles is 1. The molecule has 0 bridgehead atoms. The number of rotatable bonds is 6. The van der Waals surface area contributed by atoms with E-state index in [1.54, 1.807) is 19.9 Å². The Morgan fingerprint density at radius 1 is 1.33 bits per heavy atom. The van der Waals surface area contributed by atoms with Crippen molar-refractivity contribution in [2.45, 2.75) is 20.8 Å². The number of hydrogen-bond acceptors (Lipinski definition) is 8. The molecule has 0 saturated carbocycles. The Morgan fingerprint density at radius 2 is 2.04 bits per heavy atom. The fourth-order valence-electron chi connectivity index (χ4n) is 2.47. The van der Waals surface area contributed by atoms with Crippen LogP contribution in [0.2, 0.25) is 0 Å². The molecule has 1 heterocycles. The van der Waals surface area contributed by atoms with Crippen LogP contribution in [0.4, 0.5) is 11.4 Å². The molecule has 1 aromatic rings. The van der Waals surface area contributed by atoms with Gasteiger partial charge >= 0.3 is 0 Å². The van der Waals surface area contributed by atoms with Crippen LogP contribution in [0.1, 0.15) is 20.8 Å². The number of nitrogens with zero attached hydrogens (tertiary/aromatic N) is 4. The van der Waals surface area contributed by atoms with Gasteiger partial charge in [0.25, 0.3) is 17.5 Å². The number of ether oxygens (including phenoxy) is 1.